The average Bonchev–Trinajstić information content (AvgIpc) is 2.07. The smallest absolute Gasteiger partial charge is 0.123 e. The third-order valence-corrected chi connectivity index (χ3v) is 1.66. The van der Waals surface area contributed by atoms with Gasteiger partial charge in [0.15, 0.2) is 0 Å². The molecule has 0 spiro atoms. The van der Waals surface area contributed by atoms with Crippen molar-refractivity contribution in [1.82, 2.24) is 9.88 Å². The van der Waals surface area contributed by atoms with Crippen LogP contribution in [0.3, 0.4) is 0 Å². The van der Waals surface area contributed by atoms with E-state index in [-0.39, 0.29) is 6.04 Å². The van der Waals surface area contributed by atoms with Crippen molar-refractivity contribution in [3.05, 3.63) is 30.1 Å². The first kappa shape index (κ1) is 8.69. The summed E-state index contributed by atoms with van der Waals surface area (Å²) in [7, 11) is 3.77. The Morgan fingerprint density at radius 2 is 2.00 bits per heavy atom. The Hall–Kier alpha value is -1.40. The molecule has 0 radical (unpaired) electrons. The molecule has 0 bridgehead atoms. The fourth-order valence-corrected chi connectivity index (χ4v) is 1.03. The van der Waals surface area contributed by atoms with Crippen LogP contribution in [0.25, 0.3) is 0 Å². The Kier molecular flexibility index (Phi) is 2.78. The molecule has 1 rings (SSSR count). The molecule has 1 aromatic heterocycles. The van der Waals surface area contributed by atoms with Crippen LogP contribution in [-0.2, 0) is 0 Å². The molecule has 0 aliphatic heterocycles. The lowest BCUT2D eigenvalue weighted by Crippen LogP contribution is -2.18. The van der Waals surface area contributed by atoms with Crippen molar-refractivity contribution < 1.29 is 0 Å². The van der Waals surface area contributed by atoms with Crippen LogP contribution >= 0.6 is 0 Å². The lowest BCUT2D eigenvalue weighted by atomic mass is 10.1. The van der Waals surface area contributed by atoms with Crippen molar-refractivity contribution in [3.8, 4) is 6.07 Å². The molecule has 1 unspecified atom stereocenters. The van der Waals surface area contributed by atoms with Crippen molar-refractivity contribution in [2.24, 2.45) is 0 Å². The molecule has 1 heterocycles. The minimum atomic E-state index is -0.173. The zero-order chi connectivity index (χ0) is 8.97. The summed E-state index contributed by atoms with van der Waals surface area (Å²) in [5.41, 5.74) is 0.984. The molecule has 0 aliphatic rings. The van der Waals surface area contributed by atoms with Gasteiger partial charge in [-0.3, -0.25) is 9.88 Å². The van der Waals surface area contributed by atoms with Gasteiger partial charge in [-0.1, -0.05) is 0 Å². The second-order valence-electron chi connectivity index (χ2n) is 2.78. The Morgan fingerprint density at radius 1 is 1.42 bits per heavy atom. The summed E-state index contributed by atoms with van der Waals surface area (Å²) in [6, 6.07) is 5.75. The van der Waals surface area contributed by atoms with Gasteiger partial charge in [0.05, 0.1) is 6.07 Å². The summed E-state index contributed by atoms with van der Waals surface area (Å²) >= 11 is 0. The van der Waals surface area contributed by atoms with E-state index >= 15 is 0 Å². The molecular weight excluding hydrogens is 150 g/mol. The van der Waals surface area contributed by atoms with Crippen molar-refractivity contribution in [3.63, 3.8) is 0 Å². The second kappa shape index (κ2) is 3.84. The van der Waals surface area contributed by atoms with Gasteiger partial charge in [-0.15, -0.1) is 0 Å². The van der Waals surface area contributed by atoms with Gasteiger partial charge >= 0.3 is 0 Å². The van der Waals surface area contributed by atoms with E-state index < -0.39 is 0 Å². The lowest BCUT2D eigenvalue weighted by molar-refractivity contribution is 0.358. The van der Waals surface area contributed by atoms with Crippen LogP contribution in [0.2, 0.25) is 0 Å². The number of aromatic nitrogens is 1. The average molecular weight is 161 g/mol. The standard InChI is InChI=1S/C9H11N3/c1-12(2)9(7-10)8-3-5-11-6-4-8/h3-6,9H,1-2H3. The first-order valence-electron chi connectivity index (χ1n) is 3.71. The van der Waals surface area contributed by atoms with Crippen LogP contribution in [0.15, 0.2) is 24.5 Å². The van der Waals surface area contributed by atoms with Gasteiger partial charge in [-0.2, -0.15) is 5.26 Å². The van der Waals surface area contributed by atoms with Crippen LogP contribution in [0, 0.1) is 11.3 Å². The number of pyridine rings is 1. The molecular formula is C9H11N3. The number of nitrogens with zero attached hydrogens (tertiary/aromatic N) is 3. The normalized spacial score (nSPS) is 12.5. The summed E-state index contributed by atoms with van der Waals surface area (Å²) in [6.45, 7) is 0. The number of rotatable bonds is 2. The van der Waals surface area contributed by atoms with E-state index in [9.17, 15) is 0 Å². The zero-order valence-corrected chi connectivity index (χ0v) is 7.23. The molecule has 12 heavy (non-hydrogen) atoms. The summed E-state index contributed by atoms with van der Waals surface area (Å²) in [5, 5.41) is 8.84. The van der Waals surface area contributed by atoms with E-state index in [1.54, 1.807) is 12.4 Å². The summed E-state index contributed by atoms with van der Waals surface area (Å²) in [4.78, 5) is 5.76. The maximum absolute atomic E-state index is 8.84. The second-order valence-corrected chi connectivity index (χ2v) is 2.78. The van der Waals surface area contributed by atoms with Crippen molar-refractivity contribution in [1.29, 1.82) is 5.26 Å². The first-order chi connectivity index (χ1) is 5.75. The van der Waals surface area contributed by atoms with Crippen LogP contribution in [0.5, 0.6) is 0 Å². The minimum Gasteiger partial charge on any atom is -0.291 e. The largest absolute Gasteiger partial charge is 0.291 e. The van der Waals surface area contributed by atoms with E-state index in [0.717, 1.165) is 5.56 Å². The highest BCUT2D eigenvalue weighted by Crippen LogP contribution is 2.14. The zero-order valence-electron chi connectivity index (χ0n) is 7.23. The third kappa shape index (κ3) is 1.80. The molecule has 3 heteroatoms. The molecule has 1 atom stereocenters. The molecule has 0 aromatic carbocycles. The lowest BCUT2D eigenvalue weighted by Gasteiger charge is -2.16. The fourth-order valence-electron chi connectivity index (χ4n) is 1.03. The Labute approximate surface area is 72.3 Å². The molecule has 0 saturated carbocycles. The quantitative estimate of drug-likeness (QED) is 0.654. The highest BCUT2D eigenvalue weighted by atomic mass is 15.1. The number of hydrogen-bond donors (Lipinski definition) is 0. The summed E-state index contributed by atoms with van der Waals surface area (Å²) in [5.74, 6) is 0. The van der Waals surface area contributed by atoms with E-state index in [2.05, 4.69) is 11.1 Å². The molecule has 0 fully saturated rings. The highest BCUT2D eigenvalue weighted by Gasteiger charge is 2.11. The third-order valence-electron chi connectivity index (χ3n) is 1.66. The Morgan fingerprint density at radius 3 is 2.42 bits per heavy atom. The number of nitriles is 1. The van der Waals surface area contributed by atoms with Gasteiger partial charge in [0, 0.05) is 12.4 Å². The molecule has 62 valence electrons. The topological polar surface area (TPSA) is 39.9 Å². The van der Waals surface area contributed by atoms with Crippen LogP contribution < -0.4 is 0 Å². The van der Waals surface area contributed by atoms with Crippen molar-refractivity contribution in [2.45, 2.75) is 6.04 Å². The molecule has 3 nitrogen and oxygen atoms in total. The minimum absolute atomic E-state index is 0.173. The summed E-state index contributed by atoms with van der Waals surface area (Å²) < 4.78 is 0. The Bertz CT molecular complexity index is 274. The van der Waals surface area contributed by atoms with Gasteiger partial charge in [-0.25, -0.2) is 0 Å². The van der Waals surface area contributed by atoms with E-state index in [0.29, 0.717) is 0 Å². The SMILES string of the molecule is CN(C)C(C#N)c1ccncc1. The highest BCUT2D eigenvalue weighted by molar-refractivity contribution is 5.20. The van der Waals surface area contributed by atoms with Crippen LogP contribution in [-0.4, -0.2) is 24.0 Å². The predicted octanol–water partition coefficient (Wildman–Crippen LogP) is 1.21. The van der Waals surface area contributed by atoms with Crippen LogP contribution in [0.1, 0.15) is 11.6 Å². The van der Waals surface area contributed by atoms with E-state index in [4.69, 9.17) is 5.26 Å². The predicted molar refractivity (Wildman–Crippen MR) is 46.3 cm³/mol. The maximum atomic E-state index is 8.84. The molecule has 0 aliphatic carbocycles. The van der Waals surface area contributed by atoms with Gasteiger partial charge in [0.25, 0.3) is 0 Å². The Balaban J connectivity index is 2.90. The number of hydrogen-bond acceptors (Lipinski definition) is 3. The van der Waals surface area contributed by atoms with Crippen LogP contribution in [0.4, 0.5) is 0 Å². The molecule has 0 saturated heterocycles. The maximum Gasteiger partial charge on any atom is 0.123 e. The fraction of sp³-hybridized carbons (Fsp3) is 0.333. The molecule has 0 amide bonds. The molecule has 0 N–H and O–H groups in total. The summed E-state index contributed by atoms with van der Waals surface area (Å²) in [6.07, 6.45) is 3.40. The van der Waals surface area contributed by atoms with Gasteiger partial charge in [-0.05, 0) is 31.8 Å². The first-order valence-corrected chi connectivity index (χ1v) is 3.71. The molecule has 1 aromatic rings. The van der Waals surface area contributed by atoms with Gasteiger partial charge < -0.3 is 0 Å². The van der Waals surface area contributed by atoms with Crippen molar-refractivity contribution >= 4 is 0 Å². The monoisotopic (exact) mass is 161 g/mol. The van der Waals surface area contributed by atoms with E-state index in [1.807, 2.05) is 31.1 Å². The van der Waals surface area contributed by atoms with Gasteiger partial charge in [0.2, 0.25) is 0 Å². The van der Waals surface area contributed by atoms with Crippen molar-refractivity contribution in [2.75, 3.05) is 14.1 Å². The van der Waals surface area contributed by atoms with Gasteiger partial charge in [0.1, 0.15) is 6.04 Å². The van der Waals surface area contributed by atoms with E-state index in [1.165, 1.54) is 0 Å².